The first-order chi connectivity index (χ1) is 9.52. The smallest absolute Gasteiger partial charge is 0.170 e. The van der Waals surface area contributed by atoms with E-state index in [2.05, 4.69) is 15.9 Å². The molecule has 0 aliphatic carbocycles. The van der Waals surface area contributed by atoms with E-state index in [-0.39, 0.29) is 18.0 Å². The van der Waals surface area contributed by atoms with Crippen molar-refractivity contribution < 1.29 is 19.0 Å². The van der Waals surface area contributed by atoms with Gasteiger partial charge in [-0.05, 0) is 35.9 Å². The molecule has 1 heterocycles. The zero-order valence-corrected chi connectivity index (χ0v) is 11.9. The van der Waals surface area contributed by atoms with Crippen LogP contribution in [0.15, 0.2) is 40.9 Å². The van der Waals surface area contributed by atoms with Gasteiger partial charge in [0.25, 0.3) is 0 Å². The molecule has 1 atom stereocenters. The lowest BCUT2D eigenvalue weighted by Crippen LogP contribution is -2.20. The Bertz CT molecular complexity index is 679. The molecule has 0 saturated carbocycles. The summed E-state index contributed by atoms with van der Waals surface area (Å²) in [6, 6.07) is 8.86. The Labute approximate surface area is 123 Å². The summed E-state index contributed by atoms with van der Waals surface area (Å²) in [6.45, 7) is 0. The molecule has 0 amide bonds. The zero-order chi connectivity index (χ0) is 14.3. The number of fused-ring (bicyclic) bond motifs is 1. The van der Waals surface area contributed by atoms with Crippen molar-refractivity contribution in [2.75, 3.05) is 0 Å². The number of benzene rings is 2. The normalized spacial score (nSPS) is 17.5. The number of rotatable bonds is 1. The van der Waals surface area contributed by atoms with Gasteiger partial charge in [0, 0.05) is 10.5 Å². The van der Waals surface area contributed by atoms with Gasteiger partial charge in [0.2, 0.25) is 0 Å². The van der Waals surface area contributed by atoms with Crippen molar-refractivity contribution in [2.24, 2.45) is 0 Å². The Balaban J connectivity index is 1.99. The van der Waals surface area contributed by atoms with Crippen LogP contribution in [0.5, 0.6) is 11.5 Å². The maximum atomic E-state index is 13.3. The number of ether oxygens (including phenoxy) is 1. The van der Waals surface area contributed by atoms with Crippen LogP contribution in [0.3, 0.4) is 0 Å². The first-order valence-electron chi connectivity index (χ1n) is 6.02. The fourth-order valence-electron chi connectivity index (χ4n) is 2.26. The molecule has 1 aliphatic rings. The second-order valence-electron chi connectivity index (χ2n) is 4.62. The molecule has 3 rings (SSSR count). The van der Waals surface area contributed by atoms with E-state index >= 15 is 0 Å². The molecule has 0 spiro atoms. The van der Waals surface area contributed by atoms with E-state index in [9.17, 15) is 14.3 Å². The fourth-order valence-corrected chi connectivity index (χ4v) is 2.63. The summed E-state index contributed by atoms with van der Waals surface area (Å²) in [5, 5.41) is 9.44. The number of Topliss-reactive ketones (excluding diaryl/α,β-unsaturated/α-hetero) is 1. The average molecular weight is 337 g/mol. The second-order valence-corrected chi connectivity index (χ2v) is 5.53. The van der Waals surface area contributed by atoms with E-state index in [1.807, 2.05) is 0 Å². The van der Waals surface area contributed by atoms with E-state index in [4.69, 9.17) is 4.74 Å². The topological polar surface area (TPSA) is 46.5 Å². The molecular weight excluding hydrogens is 327 g/mol. The van der Waals surface area contributed by atoms with Gasteiger partial charge in [-0.2, -0.15) is 0 Å². The number of phenols is 1. The van der Waals surface area contributed by atoms with E-state index in [0.29, 0.717) is 16.9 Å². The number of phenolic OH excluding ortho intramolecular Hbond substituents is 1. The van der Waals surface area contributed by atoms with Crippen LogP contribution >= 0.6 is 15.9 Å². The van der Waals surface area contributed by atoms with Gasteiger partial charge in [0.05, 0.1) is 12.0 Å². The van der Waals surface area contributed by atoms with Crippen LogP contribution in [0, 0.1) is 5.82 Å². The molecule has 3 nitrogen and oxygen atoms in total. The molecule has 102 valence electrons. The first-order valence-corrected chi connectivity index (χ1v) is 6.81. The quantitative estimate of drug-likeness (QED) is 0.856. The van der Waals surface area contributed by atoms with Gasteiger partial charge >= 0.3 is 0 Å². The van der Waals surface area contributed by atoms with Crippen molar-refractivity contribution in [1.29, 1.82) is 0 Å². The van der Waals surface area contributed by atoms with Crippen molar-refractivity contribution in [3.05, 3.63) is 57.8 Å². The summed E-state index contributed by atoms with van der Waals surface area (Å²) in [7, 11) is 0. The lowest BCUT2D eigenvalue weighted by Gasteiger charge is -2.25. The van der Waals surface area contributed by atoms with Crippen LogP contribution in [-0.4, -0.2) is 10.9 Å². The summed E-state index contributed by atoms with van der Waals surface area (Å²) in [4.78, 5) is 12.1. The van der Waals surface area contributed by atoms with Crippen LogP contribution in [-0.2, 0) is 0 Å². The molecule has 20 heavy (non-hydrogen) atoms. The summed E-state index contributed by atoms with van der Waals surface area (Å²) in [5.41, 5.74) is 0.959. The SMILES string of the molecule is O=C1CC(c2cc(O)cc(F)c2)Oc2ccc(Br)cc21. The highest BCUT2D eigenvalue weighted by Crippen LogP contribution is 2.37. The van der Waals surface area contributed by atoms with Crippen molar-refractivity contribution in [1.82, 2.24) is 0 Å². The molecule has 0 aromatic heterocycles. The minimum Gasteiger partial charge on any atom is -0.508 e. The molecule has 2 aromatic carbocycles. The summed E-state index contributed by atoms with van der Waals surface area (Å²) < 4.78 is 19.9. The number of ketones is 1. The molecule has 5 heteroatoms. The van der Waals surface area contributed by atoms with E-state index < -0.39 is 11.9 Å². The summed E-state index contributed by atoms with van der Waals surface area (Å²) in [6.07, 6.45) is -0.468. The summed E-state index contributed by atoms with van der Waals surface area (Å²) in [5.74, 6) is -0.338. The van der Waals surface area contributed by atoms with E-state index in [0.717, 1.165) is 10.5 Å². The largest absolute Gasteiger partial charge is 0.508 e. The molecule has 0 saturated heterocycles. The fraction of sp³-hybridized carbons (Fsp3) is 0.133. The summed E-state index contributed by atoms with van der Waals surface area (Å²) >= 11 is 3.31. The minimum absolute atomic E-state index is 0.0682. The van der Waals surface area contributed by atoms with E-state index in [1.54, 1.807) is 18.2 Å². The van der Waals surface area contributed by atoms with Crippen LogP contribution < -0.4 is 4.74 Å². The van der Waals surface area contributed by atoms with Crippen LogP contribution in [0.2, 0.25) is 0 Å². The molecule has 1 aliphatic heterocycles. The van der Waals surface area contributed by atoms with Crippen molar-refractivity contribution in [3.8, 4) is 11.5 Å². The molecule has 0 radical (unpaired) electrons. The van der Waals surface area contributed by atoms with Gasteiger partial charge in [-0.3, -0.25) is 4.79 Å². The van der Waals surface area contributed by atoms with Crippen LogP contribution in [0.25, 0.3) is 0 Å². The lowest BCUT2D eigenvalue weighted by atomic mass is 9.96. The first kappa shape index (κ1) is 13.1. The number of carbonyl (C=O) groups is 1. The molecule has 1 unspecified atom stereocenters. The van der Waals surface area contributed by atoms with Crippen LogP contribution in [0.4, 0.5) is 4.39 Å². The van der Waals surface area contributed by atoms with Gasteiger partial charge in [-0.1, -0.05) is 15.9 Å². The monoisotopic (exact) mass is 336 g/mol. The number of carbonyl (C=O) groups excluding carboxylic acids is 1. The van der Waals surface area contributed by atoms with Crippen molar-refractivity contribution in [3.63, 3.8) is 0 Å². The Hall–Kier alpha value is -1.88. The molecule has 0 fully saturated rings. The number of aromatic hydroxyl groups is 1. The highest BCUT2D eigenvalue weighted by molar-refractivity contribution is 9.10. The molecular formula is C15H10BrFO3. The van der Waals surface area contributed by atoms with Gasteiger partial charge in [0.15, 0.2) is 5.78 Å². The maximum absolute atomic E-state index is 13.3. The number of hydrogen-bond donors (Lipinski definition) is 1. The Kier molecular flexibility index (Phi) is 3.22. The molecule has 1 N–H and O–H groups in total. The number of hydrogen-bond acceptors (Lipinski definition) is 3. The Morgan fingerprint density at radius 3 is 2.80 bits per heavy atom. The van der Waals surface area contributed by atoms with Gasteiger partial charge in [-0.15, -0.1) is 0 Å². The average Bonchev–Trinajstić information content (AvgIpc) is 2.38. The predicted octanol–water partition coefficient (Wildman–Crippen LogP) is 4.00. The van der Waals surface area contributed by atoms with Gasteiger partial charge in [0.1, 0.15) is 23.4 Å². The second kappa shape index (κ2) is 4.90. The number of halogens is 2. The van der Waals surface area contributed by atoms with Crippen molar-refractivity contribution in [2.45, 2.75) is 12.5 Å². The highest BCUT2D eigenvalue weighted by atomic mass is 79.9. The lowest BCUT2D eigenvalue weighted by molar-refractivity contribution is 0.0849. The highest BCUT2D eigenvalue weighted by Gasteiger charge is 2.28. The molecule has 0 bridgehead atoms. The Morgan fingerprint density at radius 1 is 1.25 bits per heavy atom. The predicted molar refractivity (Wildman–Crippen MR) is 74.5 cm³/mol. The van der Waals surface area contributed by atoms with Crippen molar-refractivity contribution >= 4 is 21.7 Å². The zero-order valence-electron chi connectivity index (χ0n) is 10.3. The van der Waals surface area contributed by atoms with Gasteiger partial charge in [-0.25, -0.2) is 4.39 Å². The Morgan fingerprint density at radius 2 is 2.05 bits per heavy atom. The van der Waals surface area contributed by atoms with Crippen LogP contribution in [0.1, 0.15) is 28.4 Å². The van der Waals surface area contributed by atoms with Gasteiger partial charge < -0.3 is 9.84 Å². The van der Waals surface area contributed by atoms with E-state index in [1.165, 1.54) is 12.1 Å². The molecule has 2 aromatic rings. The minimum atomic E-state index is -0.585. The standard InChI is InChI=1S/C15H10BrFO3/c16-9-1-2-14-12(5-9)13(19)7-15(20-14)8-3-10(17)6-11(18)4-8/h1-6,15,18H,7H2. The third kappa shape index (κ3) is 2.41. The third-order valence-electron chi connectivity index (χ3n) is 3.16. The third-order valence-corrected chi connectivity index (χ3v) is 3.65. The maximum Gasteiger partial charge on any atom is 0.170 e.